The molecule has 106 valence electrons. The van der Waals surface area contributed by atoms with Gasteiger partial charge in [-0.2, -0.15) is 0 Å². The maximum Gasteiger partial charge on any atom is 0.327 e. The van der Waals surface area contributed by atoms with E-state index in [4.69, 9.17) is 22.1 Å². The largest absolute Gasteiger partial charge is 0.394 e. The van der Waals surface area contributed by atoms with Gasteiger partial charge in [-0.25, -0.2) is 9.79 Å². The van der Waals surface area contributed by atoms with E-state index in [1.807, 2.05) is 0 Å². The maximum absolute atomic E-state index is 11.9. The number of nitrogens with zero attached hydrogens (tertiary/aromatic N) is 2. The third-order valence-electron chi connectivity index (χ3n) is 2.82. The molecule has 2 aliphatic heterocycles. The molecule has 0 bridgehead atoms. The van der Waals surface area contributed by atoms with E-state index in [-0.39, 0.29) is 30.0 Å². The van der Waals surface area contributed by atoms with Gasteiger partial charge in [0.05, 0.1) is 12.7 Å². The minimum absolute atomic E-state index is 0.0695. The molecule has 2 aliphatic rings. The number of aliphatic hydroxyl groups is 2. The van der Waals surface area contributed by atoms with E-state index in [0.717, 1.165) is 0 Å². The van der Waals surface area contributed by atoms with E-state index in [0.29, 0.717) is 0 Å². The molecule has 10 heteroatoms. The van der Waals surface area contributed by atoms with Crippen LogP contribution < -0.4 is 10.6 Å². The van der Waals surface area contributed by atoms with E-state index in [2.05, 4.69) is 28.3 Å². The van der Waals surface area contributed by atoms with E-state index in [1.54, 1.807) is 0 Å². The van der Waals surface area contributed by atoms with Crippen molar-refractivity contribution in [1.82, 2.24) is 15.5 Å². The molecule has 0 spiro atoms. The average Bonchev–Trinajstić information content (AvgIpc) is 2.69. The Morgan fingerprint density at radius 2 is 2.47 bits per heavy atom. The Morgan fingerprint density at radius 3 is 3.00 bits per heavy atom. The highest BCUT2D eigenvalue weighted by molar-refractivity contribution is 8.11. The van der Waals surface area contributed by atoms with Crippen molar-refractivity contribution in [2.45, 2.75) is 24.9 Å². The van der Waals surface area contributed by atoms with Crippen LogP contribution in [-0.4, -0.2) is 63.1 Å². The maximum atomic E-state index is 11.9. The summed E-state index contributed by atoms with van der Waals surface area (Å²) >= 11 is 8.59. The van der Waals surface area contributed by atoms with Crippen LogP contribution in [0, 0.1) is 0 Å². The lowest BCUT2D eigenvalue weighted by atomic mass is 10.2. The smallest absolute Gasteiger partial charge is 0.327 e. The number of nitrogens with one attached hydrogen (secondary N) is 2. The lowest BCUT2D eigenvalue weighted by Crippen LogP contribution is -2.55. The molecule has 4 N–H and O–H groups in total. The van der Waals surface area contributed by atoms with Crippen LogP contribution in [0.2, 0.25) is 0 Å². The van der Waals surface area contributed by atoms with Crippen LogP contribution in [0.5, 0.6) is 0 Å². The van der Waals surface area contributed by atoms with E-state index >= 15 is 0 Å². The molecule has 0 unspecified atom stereocenters. The quantitative estimate of drug-likeness (QED) is 0.317. The average molecular weight is 306 g/mol. The van der Waals surface area contributed by atoms with Crippen LogP contribution in [0.4, 0.5) is 4.79 Å². The summed E-state index contributed by atoms with van der Waals surface area (Å²) < 4.78 is 5.58. The summed E-state index contributed by atoms with van der Waals surface area (Å²) in [6.07, 6.45) is -1.84. The fourth-order valence-electron chi connectivity index (χ4n) is 1.89. The SMILES string of the molecule is O=C1NC(NC(=S)S)=NCN1[C@H]1C[C@H](O)[C@@H](CO)O1. The molecule has 0 radical (unpaired) electrons. The highest BCUT2D eigenvalue weighted by Gasteiger charge is 2.39. The first kappa shape index (κ1) is 14.5. The number of hydrogen-bond donors (Lipinski definition) is 5. The monoisotopic (exact) mass is 306 g/mol. The van der Waals surface area contributed by atoms with Gasteiger partial charge in [-0.05, 0) is 0 Å². The normalized spacial score (nSPS) is 30.9. The number of rotatable bonds is 2. The van der Waals surface area contributed by atoms with Gasteiger partial charge >= 0.3 is 6.03 Å². The Balaban J connectivity index is 1.98. The second-order valence-electron chi connectivity index (χ2n) is 4.09. The number of aliphatic imine (C=N–C) groups is 1. The van der Waals surface area contributed by atoms with Gasteiger partial charge in [0.15, 0.2) is 0 Å². The minimum Gasteiger partial charge on any atom is -0.394 e. The summed E-state index contributed by atoms with van der Waals surface area (Å²) in [7, 11) is 0. The van der Waals surface area contributed by atoms with Crippen molar-refractivity contribution in [3.05, 3.63) is 0 Å². The Bertz CT molecular complexity index is 419. The number of guanidine groups is 1. The van der Waals surface area contributed by atoms with Gasteiger partial charge in [0.25, 0.3) is 0 Å². The van der Waals surface area contributed by atoms with Crippen molar-refractivity contribution in [2.75, 3.05) is 13.3 Å². The van der Waals surface area contributed by atoms with Crippen molar-refractivity contribution >= 4 is 41.2 Å². The Labute approximate surface area is 120 Å². The molecule has 1 saturated heterocycles. The predicted molar refractivity (Wildman–Crippen MR) is 73.8 cm³/mol. The highest BCUT2D eigenvalue weighted by atomic mass is 32.1. The van der Waals surface area contributed by atoms with Crippen molar-refractivity contribution in [1.29, 1.82) is 0 Å². The number of hydrogen-bond acceptors (Lipinski definition) is 6. The Morgan fingerprint density at radius 1 is 1.74 bits per heavy atom. The number of ether oxygens (including phenoxy) is 1. The fourth-order valence-corrected chi connectivity index (χ4v) is 2.09. The second kappa shape index (κ2) is 6.01. The van der Waals surface area contributed by atoms with Gasteiger partial charge in [0, 0.05) is 6.42 Å². The first-order valence-corrected chi connectivity index (χ1v) is 6.43. The zero-order chi connectivity index (χ0) is 14.0. The van der Waals surface area contributed by atoms with Crippen LogP contribution in [-0.2, 0) is 4.74 Å². The van der Waals surface area contributed by atoms with Crippen LogP contribution in [0.1, 0.15) is 6.42 Å². The van der Waals surface area contributed by atoms with E-state index < -0.39 is 24.5 Å². The lowest BCUT2D eigenvalue weighted by molar-refractivity contribution is -0.0637. The van der Waals surface area contributed by atoms with Crippen LogP contribution in [0.25, 0.3) is 0 Å². The standard InChI is InChI=1S/C9H14N4O4S2/c14-2-5-4(15)1-6(17-5)13-3-10-7(11-8(13)16)12-9(18)19/h4-6,14-15H,1-3H2,(H3,10,11,12,16,18,19)/t4-,5+,6+/m0/s1. The zero-order valence-corrected chi connectivity index (χ0v) is 11.5. The number of aliphatic hydroxyl groups excluding tert-OH is 2. The van der Waals surface area contributed by atoms with Gasteiger partial charge < -0.3 is 20.3 Å². The number of carbonyl (C=O) groups excluding carboxylic acids is 1. The molecule has 0 aliphatic carbocycles. The molecule has 0 aromatic heterocycles. The van der Waals surface area contributed by atoms with Gasteiger partial charge in [-0.15, -0.1) is 12.6 Å². The highest BCUT2D eigenvalue weighted by Crippen LogP contribution is 2.23. The first-order valence-electron chi connectivity index (χ1n) is 5.57. The van der Waals surface area contributed by atoms with E-state index in [1.165, 1.54) is 4.90 Å². The number of thiocarbonyl (C=S) groups is 1. The lowest BCUT2D eigenvalue weighted by Gasteiger charge is -2.30. The molecule has 2 heterocycles. The fraction of sp³-hybridized carbons (Fsp3) is 0.667. The molecule has 8 nitrogen and oxygen atoms in total. The molecule has 1 fully saturated rings. The van der Waals surface area contributed by atoms with Gasteiger partial charge in [-0.3, -0.25) is 10.2 Å². The van der Waals surface area contributed by atoms with Crippen molar-refractivity contribution in [3.63, 3.8) is 0 Å². The molecule has 0 aromatic carbocycles. The summed E-state index contributed by atoms with van der Waals surface area (Å²) in [4.78, 5) is 17.3. The molecule has 0 aromatic rings. The molecule has 19 heavy (non-hydrogen) atoms. The van der Waals surface area contributed by atoms with Crippen molar-refractivity contribution in [2.24, 2.45) is 4.99 Å². The van der Waals surface area contributed by atoms with Crippen LogP contribution >= 0.6 is 24.8 Å². The number of urea groups is 1. The van der Waals surface area contributed by atoms with Crippen molar-refractivity contribution < 1.29 is 19.7 Å². The Hall–Kier alpha value is -0.940. The molecule has 2 amide bonds. The first-order chi connectivity index (χ1) is 9.01. The van der Waals surface area contributed by atoms with Crippen LogP contribution in [0.15, 0.2) is 4.99 Å². The number of thiol groups is 1. The molecular formula is C9H14N4O4S2. The molecular weight excluding hydrogens is 292 g/mol. The Kier molecular flexibility index (Phi) is 4.58. The minimum atomic E-state index is -0.795. The summed E-state index contributed by atoms with van der Waals surface area (Å²) in [5, 5.41) is 23.7. The van der Waals surface area contributed by atoms with Gasteiger partial charge in [0.1, 0.15) is 23.3 Å². The third kappa shape index (κ3) is 3.34. The molecule has 2 rings (SSSR count). The summed E-state index contributed by atoms with van der Waals surface area (Å²) in [6.45, 7) is -0.225. The topological polar surface area (TPSA) is 106 Å². The number of carbonyl (C=O) groups is 1. The molecule has 3 atom stereocenters. The molecule has 0 saturated carbocycles. The second-order valence-corrected chi connectivity index (χ2v) is 5.25. The van der Waals surface area contributed by atoms with Gasteiger partial charge in [0.2, 0.25) is 5.96 Å². The third-order valence-corrected chi connectivity index (χ3v) is 3.04. The number of amides is 2. The summed E-state index contributed by atoms with van der Waals surface area (Å²) in [6, 6.07) is -0.419. The van der Waals surface area contributed by atoms with Crippen LogP contribution in [0.3, 0.4) is 0 Å². The van der Waals surface area contributed by atoms with Crippen molar-refractivity contribution in [3.8, 4) is 0 Å². The van der Waals surface area contributed by atoms with Gasteiger partial charge in [-0.1, -0.05) is 12.2 Å². The summed E-state index contributed by atoms with van der Waals surface area (Å²) in [5.41, 5.74) is 0. The summed E-state index contributed by atoms with van der Waals surface area (Å²) in [5.74, 6) is 0.221. The zero-order valence-electron chi connectivity index (χ0n) is 9.81. The van der Waals surface area contributed by atoms with E-state index in [9.17, 15) is 9.90 Å². The predicted octanol–water partition coefficient (Wildman–Crippen LogP) is -1.40.